The molecule has 1 unspecified atom stereocenters. The third kappa shape index (κ3) is 2.74. The van der Waals surface area contributed by atoms with Crippen LogP contribution in [0.3, 0.4) is 0 Å². The molecule has 1 atom stereocenters. The minimum Gasteiger partial charge on any atom is -0.722 e. The standard InChI is InChI=1S/C10H13NO3/c1-14-8-4-2-7(3-5-8)6-9(11)10(12)13/h2-5,9,14H,1,6,11H2,(H,12,13). The van der Waals surface area contributed by atoms with Gasteiger partial charge in [0.1, 0.15) is 6.04 Å². The molecule has 0 saturated heterocycles. The zero-order chi connectivity index (χ0) is 10.6. The number of carboxylic acid groups (broad SMARTS) is 1. The van der Waals surface area contributed by atoms with Gasteiger partial charge in [0.15, 0.2) is 0 Å². The lowest BCUT2D eigenvalue weighted by atomic mass is 10.1. The molecule has 4 heteroatoms. The van der Waals surface area contributed by atoms with Crippen molar-refractivity contribution < 1.29 is 14.6 Å². The first-order chi connectivity index (χ1) is 6.63. The molecule has 0 saturated carbocycles. The van der Waals surface area contributed by atoms with Gasteiger partial charge in [0.2, 0.25) is 5.75 Å². The van der Waals surface area contributed by atoms with Crippen molar-refractivity contribution in [3.8, 4) is 5.75 Å². The molecule has 0 amide bonds. The number of nitrogens with two attached hydrogens (primary N) is 1. The quantitative estimate of drug-likeness (QED) is 0.547. The Morgan fingerprint density at radius 3 is 2.50 bits per heavy atom. The molecule has 0 radical (unpaired) electrons. The van der Waals surface area contributed by atoms with E-state index in [1.54, 1.807) is 24.3 Å². The minimum absolute atomic E-state index is 0.326. The molecule has 14 heavy (non-hydrogen) atoms. The summed E-state index contributed by atoms with van der Waals surface area (Å²) in [6.07, 6.45) is 0.326. The molecule has 0 fully saturated rings. The summed E-state index contributed by atoms with van der Waals surface area (Å²) >= 11 is 0. The molecule has 0 bridgehead atoms. The summed E-state index contributed by atoms with van der Waals surface area (Å²) in [5, 5.41) is 8.59. The van der Waals surface area contributed by atoms with Gasteiger partial charge in [-0.2, -0.15) is 0 Å². The molecule has 4 nitrogen and oxygen atoms in total. The van der Waals surface area contributed by atoms with E-state index in [-0.39, 0.29) is 0 Å². The van der Waals surface area contributed by atoms with Gasteiger partial charge in [-0.3, -0.25) is 4.79 Å². The van der Waals surface area contributed by atoms with E-state index in [0.717, 1.165) is 11.3 Å². The van der Waals surface area contributed by atoms with E-state index in [2.05, 4.69) is 11.8 Å². The SMILES string of the molecule is [CH2-][OH+]c1ccc(CC(N)C(=O)O)cc1. The summed E-state index contributed by atoms with van der Waals surface area (Å²) < 4.78 is 3.73. The Kier molecular flexibility index (Phi) is 3.48. The number of ether oxygens (including phenoxy) is 1. The first-order valence-electron chi connectivity index (χ1n) is 4.17. The highest BCUT2D eigenvalue weighted by Crippen LogP contribution is 2.13. The van der Waals surface area contributed by atoms with Gasteiger partial charge in [-0.25, -0.2) is 0 Å². The van der Waals surface area contributed by atoms with Crippen molar-refractivity contribution in [1.29, 1.82) is 0 Å². The highest BCUT2D eigenvalue weighted by atomic mass is 16.5. The zero-order valence-corrected chi connectivity index (χ0v) is 7.68. The third-order valence-electron chi connectivity index (χ3n) is 1.89. The van der Waals surface area contributed by atoms with Crippen LogP contribution in [0.15, 0.2) is 24.3 Å². The van der Waals surface area contributed by atoms with Gasteiger partial charge in [0.05, 0.1) is 0 Å². The van der Waals surface area contributed by atoms with Crippen molar-refractivity contribution in [3.63, 3.8) is 0 Å². The van der Waals surface area contributed by atoms with Gasteiger partial charge in [0.25, 0.3) is 0 Å². The molecular formula is C10H13NO3. The van der Waals surface area contributed by atoms with Gasteiger partial charge in [0, 0.05) is 12.1 Å². The maximum absolute atomic E-state index is 10.5. The number of aliphatic carboxylic acids is 1. The largest absolute Gasteiger partial charge is 0.722 e. The average Bonchev–Trinajstić information content (AvgIpc) is 2.19. The van der Waals surface area contributed by atoms with Crippen molar-refractivity contribution in [2.24, 2.45) is 5.73 Å². The molecule has 1 rings (SSSR count). The normalized spacial score (nSPS) is 12.1. The monoisotopic (exact) mass is 195 g/mol. The number of hydrogen-bond donors (Lipinski definition) is 2. The highest BCUT2D eigenvalue weighted by molar-refractivity contribution is 5.73. The molecule has 0 aliphatic rings. The van der Waals surface area contributed by atoms with E-state index in [0.29, 0.717) is 6.42 Å². The third-order valence-corrected chi connectivity index (χ3v) is 1.89. The fourth-order valence-corrected chi connectivity index (χ4v) is 1.08. The first-order valence-corrected chi connectivity index (χ1v) is 4.17. The van der Waals surface area contributed by atoms with Crippen LogP contribution in [0.1, 0.15) is 5.56 Å². The summed E-state index contributed by atoms with van der Waals surface area (Å²) in [4.78, 5) is 10.5. The second kappa shape index (κ2) is 4.62. The second-order valence-electron chi connectivity index (χ2n) is 2.97. The number of benzene rings is 1. The lowest BCUT2D eigenvalue weighted by molar-refractivity contribution is -0.138. The number of carboxylic acids is 1. The summed E-state index contributed by atoms with van der Waals surface area (Å²) in [7, 11) is 3.38. The van der Waals surface area contributed by atoms with E-state index in [1.165, 1.54) is 0 Å². The first kappa shape index (κ1) is 10.5. The molecule has 76 valence electrons. The number of hydrogen-bond acceptors (Lipinski definition) is 2. The van der Waals surface area contributed by atoms with E-state index in [9.17, 15) is 4.79 Å². The van der Waals surface area contributed by atoms with Crippen molar-refractivity contribution in [1.82, 2.24) is 0 Å². The van der Waals surface area contributed by atoms with Crippen LogP contribution in [-0.2, 0) is 11.2 Å². The van der Waals surface area contributed by atoms with Crippen LogP contribution in [0.4, 0.5) is 0 Å². The zero-order valence-electron chi connectivity index (χ0n) is 7.68. The van der Waals surface area contributed by atoms with Crippen molar-refractivity contribution in [3.05, 3.63) is 36.9 Å². The maximum atomic E-state index is 10.5. The minimum atomic E-state index is -0.990. The van der Waals surface area contributed by atoms with Crippen LogP contribution in [0.2, 0.25) is 0 Å². The van der Waals surface area contributed by atoms with Gasteiger partial charge >= 0.3 is 5.97 Å². The summed E-state index contributed by atoms with van der Waals surface area (Å²) in [5.74, 6) is -0.228. The number of rotatable bonds is 4. The van der Waals surface area contributed by atoms with E-state index < -0.39 is 12.0 Å². The summed E-state index contributed by atoms with van der Waals surface area (Å²) in [6, 6.07) is 6.30. The van der Waals surface area contributed by atoms with Crippen molar-refractivity contribution >= 4 is 5.97 Å². The van der Waals surface area contributed by atoms with Gasteiger partial charge in [-0.05, 0) is 31.2 Å². The Morgan fingerprint density at radius 1 is 1.50 bits per heavy atom. The van der Waals surface area contributed by atoms with Gasteiger partial charge in [-0.1, -0.05) is 0 Å². The Hall–Kier alpha value is -1.55. The van der Waals surface area contributed by atoms with Crippen LogP contribution in [0, 0.1) is 7.11 Å². The van der Waals surface area contributed by atoms with Crippen molar-refractivity contribution in [2.75, 3.05) is 0 Å². The van der Waals surface area contributed by atoms with Crippen LogP contribution in [0.25, 0.3) is 0 Å². The van der Waals surface area contributed by atoms with Gasteiger partial charge in [-0.15, -0.1) is 0 Å². The van der Waals surface area contributed by atoms with Crippen LogP contribution in [0.5, 0.6) is 5.75 Å². The summed E-state index contributed by atoms with van der Waals surface area (Å²) in [6.45, 7) is 0. The molecular weight excluding hydrogens is 182 g/mol. The van der Waals surface area contributed by atoms with Gasteiger partial charge < -0.3 is 15.6 Å². The lowest BCUT2D eigenvalue weighted by Crippen LogP contribution is -2.32. The van der Waals surface area contributed by atoms with Crippen LogP contribution >= 0.6 is 0 Å². The molecule has 1 aromatic rings. The fourth-order valence-electron chi connectivity index (χ4n) is 1.08. The van der Waals surface area contributed by atoms with E-state index in [1.807, 2.05) is 0 Å². The molecule has 1 aromatic carbocycles. The van der Waals surface area contributed by atoms with E-state index >= 15 is 0 Å². The molecule has 0 aliphatic carbocycles. The van der Waals surface area contributed by atoms with Crippen LogP contribution < -0.4 is 5.73 Å². The van der Waals surface area contributed by atoms with Crippen molar-refractivity contribution in [2.45, 2.75) is 12.5 Å². The Bertz CT molecular complexity index is 308. The molecule has 0 aromatic heterocycles. The molecule has 4 N–H and O–H groups in total. The lowest BCUT2D eigenvalue weighted by Gasteiger charge is -2.07. The predicted molar refractivity (Wildman–Crippen MR) is 52.8 cm³/mol. The average molecular weight is 195 g/mol. The number of aromatic hydroxyl groups is 1. The highest BCUT2D eigenvalue weighted by Gasteiger charge is 2.11. The second-order valence-corrected chi connectivity index (χ2v) is 2.97. The fraction of sp³-hybridized carbons (Fsp3) is 0.200. The molecule has 0 aliphatic heterocycles. The number of carbonyl (C=O) groups is 1. The Balaban J connectivity index is 2.64. The topological polar surface area (TPSA) is 76.1 Å². The van der Waals surface area contributed by atoms with E-state index in [4.69, 9.17) is 10.8 Å². The number of aliphatic hydroxyl groups is 1. The molecule has 0 heterocycles. The summed E-state index contributed by atoms with van der Waals surface area (Å²) in [5.41, 5.74) is 6.27. The maximum Gasteiger partial charge on any atom is 0.320 e. The smallest absolute Gasteiger partial charge is 0.320 e. The predicted octanol–water partition coefficient (Wildman–Crippen LogP) is 0.674. The molecule has 0 spiro atoms. The Labute approximate surface area is 82.3 Å². The Morgan fingerprint density at radius 2 is 2.07 bits per heavy atom. The van der Waals surface area contributed by atoms with Crippen LogP contribution in [-0.4, -0.2) is 21.9 Å².